The smallest absolute Gasteiger partial charge is 0.258 e. The first-order valence-corrected chi connectivity index (χ1v) is 7.72. The van der Waals surface area contributed by atoms with Gasteiger partial charge in [-0.1, -0.05) is 0 Å². The Bertz CT molecular complexity index is 964. The molecule has 0 N–H and O–H groups in total. The SMILES string of the molecule is Cc1nc2cc(C(=O)N3CCOc4cc(F)ccc43)ccc2n1C. The van der Waals surface area contributed by atoms with Gasteiger partial charge in [-0.05, 0) is 37.3 Å². The number of hydrogen-bond donors (Lipinski definition) is 0. The Labute approximate surface area is 138 Å². The Morgan fingerprint density at radius 3 is 2.92 bits per heavy atom. The quantitative estimate of drug-likeness (QED) is 0.691. The minimum atomic E-state index is -0.381. The zero-order valence-corrected chi connectivity index (χ0v) is 13.4. The lowest BCUT2D eigenvalue weighted by molar-refractivity contribution is 0.0976. The second-order valence-corrected chi connectivity index (χ2v) is 5.84. The summed E-state index contributed by atoms with van der Waals surface area (Å²) >= 11 is 0. The molecule has 2 heterocycles. The molecule has 1 aromatic heterocycles. The normalized spacial score (nSPS) is 13.7. The van der Waals surface area contributed by atoms with Gasteiger partial charge in [-0.25, -0.2) is 9.37 Å². The van der Waals surface area contributed by atoms with Crippen LogP contribution >= 0.6 is 0 Å². The van der Waals surface area contributed by atoms with Crippen molar-refractivity contribution in [2.75, 3.05) is 18.1 Å². The van der Waals surface area contributed by atoms with E-state index in [9.17, 15) is 9.18 Å². The van der Waals surface area contributed by atoms with Crippen molar-refractivity contribution in [1.82, 2.24) is 9.55 Å². The third-order valence-electron chi connectivity index (χ3n) is 4.38. The largest absolute Gasteiger partial charge is 0.489 e. The summed E-state index contributed by atoms with van der Waals surface area (Å²) in [5.41, 5.74) is 2.91. The second kappa shape index (κ2) is 5.33. The summed E-state index contributed by atoms with van der Waals surface area (Å²) < 4.78 is 20.8. The number of hydrogen-bond acceptors (Lipinski definition) is 3. The van der Waals surface area contributed by atoms with Gasteiger partial charge in [0.05, 0.1) is 23.3 Å². The van der Waals surface area contributed by atoms with Crippen molar-refractivity contribution in [1.29, 1.82) is 0 Å². The fourth-order valence-corrected chi connectivity index (χ4v) is 3.01. The van der Waals surface area contributed by atoms with Crippen LogP contribution in [0.5, 0.6) is 5.75 Å². The number of benzene rings is 2. The number of fused-ring (bicyclic) bond motifs is 2. The van der Waals surface area contributed by atoms with E-state index in [1.165, 1.54) is 12.1 Å². The summed E-state index contributed by atoms with van der Waals surface area (Å²) in [5, 5.41) is 0. The summed E-state index contributed by atoms with van der Waals surface area (Å²) in [4.78, 5) is 19.0. The van der Waals surface area contributed by atoms with E-state index in [0.717, 1.165) is 16.9 Å². The first-order chi connectivity index (χ1) is 11.5. The van der Waals surface area contributed by atoms with E-state index < -0.39 is 0 Å². The van der Waals surface area contributed by atoms with E-state index in [4.69, 9.17) is 4.74 Å². The number of aryl methyl sites for hydroxylation is 2. The van der Waals surface area contributed by atoms with Gasteiger partial charge in [0.25, 0.3) is 5.91 Å². The molecule has 4 rings (SSSR count). The van der Waals surface area contributed by atoms with Crippen molar-refractivity contribution >= 4 is 22.6 Å². The number of amides is 1. The number of carbonyl (C=O) groups excluding carboxylic acids is 1. The van der Waals surface area contributed by atoms with Crippen molar-refractivity contribution < 1.29 is 13.9 Å². The van der Waals surface area contributed by atoms with Crippen molar-refractivity contribution in [2.24, 2.45) is 7.05 Å². The minimum absolute atomic E-state index is 0.142. The highest BCUT2D eigenvalue weighted by atomic mass is 19.1. The molecule has 1 amide bonds. The standard InChI is InChI=1S/C18H16FN3O2/c1-11-20-14-9-12(3-5-15(14)21(11)2)18(23)22-7-8-24-17-10-13(19)4-6-16(17)22/h3-6,9-10H,7-8H2,1-2H3. The van der Waals surface area contributed by atoms with Crippen molar-refractivity contribution in [2.45, 2.75) is 6.92 Å². The summed E-state index contributed by atoms with van der Waals surface area (Å²) in [5.74, 6) is 0.760. The molecule has 122 valence electrons. The van der Waals surface area contributed by atoms with Gasteiger partial charge in [0.1, 0.15) is 24.0 Å². The average Bonchev–Trinajstić information content (AvgIpc) is 2.87. The highest BCUT2D eigenvalue weighted by Crippen LogP contribution is 2.33. The minimum Gasteiger partial charge on any atom is -0.489 e. The van der Waals surface area contributed by atoms with Gasteiger partial charge in [-0.15, -0.1) is 0 Å². The first-order valence-electron chi connectivity index (χ1n) is 7.72. The maximum absolute atomic E-state index is 13.4. The molecule has 0 unspecified atom stereocenters. The molecule has 6 heteroatoms. The number of halogens is 1. The number of nitrogens with zero attached hydrogens (tertiary/aromatic N) is 3. The molecular formula is C18H16FN3O2. The Morgan fingerprint density at radius 2 is 2.08 bits per heavy atom. The summed E-state index contributed by atoms with van der Waals surface area (Å²) in [6.07, 6.45) is 0. The molecule has 0 bridgehead atoms. The van der Waals surface area contributed by atoms with Gasteiger partial charge in [0, 0.05) is 18.7 Å². The lowest BCUT2D eigenvalue weighted by atomic mass is 10.1. The van der Waals surface area contributed by atoms with Gasteiger partial charge in [-0.3, -0.25) is 4.79 Å². The molecular weight excluding hydrogens is 309 g/mol. The summed E-state index contributed by atoms with van der Waals surface area (Å²) in [7, 11) is 1.94. The van der Waals surface area contributed by atoms with Crippen LogP contribution in [0, 0.1) is 12.7 Å². The van der Waals surface area contributed by atoms with Crippen LogP contribution in [0.1, 0.15) is 16.2 Å². The summed E-state index contributed by atoms with van der Waals surface area (Å²) in [6, 6.07) is 9.70. The van der Waals surface area contributed by atoms with Crippen LogP contribution in [0.3, 0.4) is 0 Å². The summed E-state index contributed by atoms with van der Waals surface area (Å²) in [6.45, 7) is 2.69. The van der Waals surface area contributed by atoms with Gasteiger partial charge in [0.2, 0.25) is 0 Å². The third-order valence-corrected chi connectivity index (χ3v) is 4.38. The highest BCUT2D eigenvalue weighted by molar-refractivity contribution is 6.08. The molecule has 1 aliphatic heterocycles. The molecule has 0 fully saturated rings. The van der Waals surface area contributed by atoms with E-state index in [2.05, 4.69) is 4.98 Å². The molecule has 0 radical (unpaired) electrons. The van der Waals surface area contributed by atoms with E-state index in [1.807, 2.05) is 24.6 Å². The van der Waals surface area contributed by atoms with Crippen LogP contribution in [0.25, 0.3) is 11.0 Å². The molecule has 24 heavy (non-hydrogen) atoms. The topological polar surface area (TPSA) is 47.4 Å². The molecule has 3 aromatic rings. The van der Waals surface area contributed by atoms with Crippen LogP contribution in [0.15, 0.2) is 36.4 Å². The lowest BCUT2D eigenvalue weighted by Crippen LogP contribution is -2.38. The molecule has 2 aromatic carbocycles. The molecule has 0 saturated heterocycles. The zero-order valence-electron chi connectivity index (χ0n) is 13.4. The lowest BCUT2D eigenvalue weighted by Gasteiger charge is -2.29. The van der Waals surface area contributed by atoms with E-state index >= 15 is 0 Å². The van der Waals surface area contributed by atoms with Crippen molar-refractivity contribution in [3.8, 4) is 5.75 Å². The number of rotatable bonds is 1. The molecule has 0 spiro atoms. The fourth-order valence-electron chi connectivity index (χ4n) is 3.01. The molecule has 0 saturated carbocycles. The van der Waals surface area contributed by atoms with Crippen molar-refractivity contribution in [3.05, 3.63) is 53.6 Å². The molecule has 1 aliphatic rings. The fraction of sp³-hybridized carbons (Fsp3) is 0.222. The molecule has 5 nitrogen and oxygen atoms in total. The Hall–Kier alpha value is -2.89. The maximum Gasteiger partial charge on any atom is 0.258 e. The van der Waals surface area contributed by atoms with E-state index in [1.54, 1.807) is 23.1 Å². The Kier molecular flexibility index (Phi) is 3.26. The van der Waals surface area contributed by atoms with Gasteiger partial charge < -0.3 is 14.2 Å². The Balaban J connectivity index is 1.75. The van der Waals surface area contributed by atoms with Crippen LogP contribution in [0.4, 0.5) is 10.1 Å². The van der Waals surface area contributed by atoms with Crippen LogP contribution < -0.4 is 9.64 Å². The van der Waals surface area contributed by atoms with Crippen molar-refractivity contribution in [3.63, 3.8) is 0 Å². The van der Waals surface area contributed by atoms with Crippen LogP contribution in [0.2, 0.25) is 0 Å². The predicted octanol–water partition coefficient (Wildman–Crippen LogP) is 3.06. The second-order valence-electron chi connectivity index (χ2n) is 5.84. The number of anilines is 1. The van der Waals surface area contributed by atoms with Gasteiger partial charge >= 0.3 is 0 Å². The third kappa shape index (κ3) is 2.22. The van der Waals surface area contributed by atoms with Crippen LogP contribution in [-0.4, -0.2) is 28.6 Å². The highest BCUT2D eigenvalue weighted by Gasteiger charge is 2.25. The average molecular weight is 325 g/mol. The molecule has 0 aliphatic carbocycles. The predicted molar refractivity (Wildman–Crippen MR) is 89.0 cm³/mol. The van der Waals surface area contributed by atoms with Gasteiger partial charge in [-0.2, -0.15) is 0 Å². The van der Waals surface area contributed by atoms with Gasteiger partial charge in [0.15, 0.2) is 0 Å². The molecule has 0 atom stereocenters. The number of ether oxygens (including phenoxy) is 1. The van der Waals surface area contributed by atoms with Crippen LogP contribution in [-0.2, 0) is 7.05 Å². The first kappa shape index (κ1) is 14.7. The zero-order chi connectivity index (χ0) is 16.8. The Morgan fingerprint density at radius 1 is 1.25 bits per heavy atom. The van der Waals surface area contributed by atoms with E-state index in [0.29, 0.717) is 30.2 Å². The maximum atomic E-state index is 13.4. The number of aromatic nitrogens is 2. The van der Waals surface area contributed by atoms with E-state index in [-0.39, 0.29) is 11.7 Å². The number of carbonyl (C=O) groups is 1. The monoisotopic (exact) mass is 325 g/mol. The number of imidazole rings is 1.